The largest absolute Gasteiger partial charge is 0.495 e. The van der Waals surface area contributed by atoms with Crippen molar-refractivity contribution in [3.63, 3.8) is 0 Å². The van der Waals surface area contributed by atoms with Crippen LogP contribution in [0.1, 0.15) is 11.3 Å². The van der Waals surface area contributed by atoms with E-state index < -0.39 is 0 Å². The summed E-state index contributed by atoms with van der Waals surface area (Å²) in [5.74, 6) is 0.756. The first-order valence-corrected chi connectivity index (χ1v) is 10.4. The van der Waals surface area contributed by atoms with Gasteiger partial charge in [-0.15, -0.1) is 5.10 Å². The molecule has 0 spiro atoms. The van der Waals surface area contributed by atoms with Gasteiger partial charge in [-0.05, 0) is 35.7 Å². The van der Waals surface area contributed by atoms with Gasteiger partial charge >= 0.3 is 0 Å². The van der Waals surface area contributed by atoms with Crippen molar-refractivity contribution in [2.45, 2.75) is 13.5 Å². The Labute approximate surface area is 186 Å². The smallest absolute Gasteiger partial charge is 0.143 e. The third kappa shape index (κ3) is 4.03. The van der Waals surface area contributed by atoms with Gasteiger partial charge in [-0.25, -0.2) is 9.67 Å². The van der Waals surface area contributed by atoms with Crippen LogP contribution in [-0.2, 0) is 6.54 Å². The van der Waals surface area contributed by atoms with Crippen molar-refractivity contribution in [2.24, 2.45) is 0 Å². The van der Waals surface area contributed by atoms with Crippen LogP contribution in [0.15, 0.2) is 91.5 Å². The van der Waals surface area contributed by atoms with Gasteiger partial charge in [0.15, 0.2) is 0 Å². The molecule has 0 unspecified atom stereocenters. The molecule has 5 rings (SSSR count). The molecule has 2 heterocycles. The average molecular weight is 422 g/mol. The molecule has 5 aromatic rings. The van der Waals surface area contributed by atoms with Crippen LogP contribution in [0, 0.1) is 6.92 Å². The predicted molar refractivity (Wildman–Crippen MR) is 125 cm³/mol. The van der Waals surface area contributed by atoms with Crippen LogP contribution < -0.4 is 4.74 Å². The van der Waals surface area contributed by atoms with Crippen LogP contribution in [0.2, 0.25) is 0 Å². The summed E-state index contributed by atoms with van der Waals surface area (Å²) in [6, 6.07) is 24.9. The zero-order valence-corrected chi connectivity index (χ0v) is 18.0. The summed E-state index contributed by atoms with van der Waals surface area (Å²) in [5, 5.41) is 8.69. The molecule has 0 saturated carbocycles. The Morgan fingerprint density at radius 3 is 2.31 bits per heavy atom. The van der Waals surface area contributed by atoms with Gasteiger partial charge in [-0.3, -0.25) is 0 Å². The number of benzene rings is 3. The fourth-order valence-electron chi connectivity index (χ4n) is 3.73. The van der Waals surface area contributed by atoms with Crippen LogP contribution in [-0.4, -0.2) is 31.7 Å². The molecule has 0 amide bonds. The van der Waals surface area contributed by atoms with Crippen molar-refractivity contribution < 1.29 is 4.74 Å². The summed E-state index contributed by atoms with van der Waals surface area (Å²) >= 11 is 0. The Balaban J connectivity index is 1.34. The lowest BCUT2D eigenvalue weighted by Gasteiger charge is -2.10. The zero-order chi connectivity index (χ0) is 21.9. The summed E-state index contributed by atoms with van der Waals surface area (Å²) in [4.78, 5) is 4.30. The van der Waals surface area contributed by atoms with Gasteiger partial charge in [-0.2, -0.15) is 0 Å². The fourth-order valence-corrected chi connectivity index (χ4v) is 3.73. The number of imidazole rings is 1. The summed E-state index contributed by atoms with van der Waals surface area (Å²) in [5.41, 5.74) is 7.23. The van der Waals surface area contributed by atoms with E-state index in [1.807, 2.05) is 52.8 Å². The maximum atomic E-state index is 5.62. The number of hydrogen-bond acceptors (Lipinski definition) is 4. The van der Waals surface area contributed by atoms with Gasteiger partial charge in [0.2, 0.25) is 0 Å². The maximum Gasteiger partial charge on any atom is 0.143 e. The molecule has 0 fully saturated rings. The first-order chi connectivity index (χ1) is 15.7. The van der Waals surface area contributed by atoms with Crippen molar-refractivity contribution in [3.05, 3.63) is 103 Å². The van der Waals surface area contributed by atoms with Gasteiger partial charge in [-0.1, -0.05) is 65.9 Å². The minimum Gasteiger partial charge on any atom is -0.495 e. The number of ether oxygens (including phenoxy) is 1. The molecule has 0 bridgehead atoms. The molecule has 0 aliphatic rings. The van der Waals surface area contributed by atoms with Crippen molar-refractivity contribution in [2.75, 3.05) is 7.11 Å². The number of aryl methyl sites for hydroxylation is 1. The van der Waals surface area contributed by atoms with E-state index in [1.165, 1.54) is 16.7 Å². The monoisotopic (exact) mass is 421 g/mol. The van der Waals surface area contributed by atoms with E-state index in [0.717, 1.165) is 28.4 Å². The lowest BCUT2D eigenvalue weighted by Crippen LogP contribution is -2.00. The molecule has 0 atom stereocenters. The van der Waals surface area contributed by atoms with E-state index in [9.17, 15) is 0 Å². The number of rotatable bonds is 6. The third-order valence-electron chi connectivity index (χ3n) is 5.41. The van der Waals surface area contributed by atoms with Crippen molar-refractivity contribution in [3.8, 4) is 33.8 Å². The Morgan fingerprint density at radius 1 is 0.844 bits per heavy atom. The standard InChI is InChI=1S/C26H23N5O/c1-19-15-30(18-27-19)25-13-12-23(14-26(25)32-2)24-17-31(29-28-24)16-20-8-10-22(11-9-20)21-6-4-3-5-7-21/h3-15,17-18H,16H2,1-2H3. The van der Waals surface area contributed by atoms with Crippen LogP contribution in [0.4, 0.5) is 0 Å². The summed E-state index contributed by atoms with van der Waals surface area (Å²) in [6.45, 7) is 2.62. The van der Waals surface area contributed by atoms with E-state index >= 15 is 0 Å². The highest BCUT2D eigenvalue weighted by Crippen LogP contribution is 2.29. The highest BCUT2D eigenvalue weighted by molar-refractivity contribution is 5.65. The number of aromatic nitrogens is 5. The van der Waals surface area contributed by atoms with Crippen molar-refractivity contribution in [1.82, 2.24) is 24.5 Å². The quantitative estimate of drug-likeness (QED) is 0.380. The average Bonchev–Trinajstić information content (AvgIpc) is 3.49. The Kier molecular flexibility index (Phi) is 5.25. The van der Waals surface area contributed by atoms with Gasteiger partial charge < -0.3 is 9.30 Å². The lowest BCUT2D eigenvalue weighted by atomic mass is 10.0. The second-order valence-electron chi connectivity index (χ2n) is 7.67. The summed E-state index contributed by atoms with van der Waals surface area (Å²) < 4.78 is 9.42. The highest BCUT2D eigenvalue weighted by atomic mass is 16.5. The van der Waals surface area contributed by atoms with Crippen LogP contribution in [0.5, 0.6) is 5.75 Å². The van der Waals surface area contributed by atoms with Gasteiger partial charge in [0.1, 0.15) is 11.4 Å². The van der Waals surface area contributed by atoms with Crippen LogP contribution in [0.3, 0.4) is 0 Å². The number of nitrogens with zero attached hydrogens (tertiary/aromatic N) is 5. The Bertz CT molecular complexity index is 1340. The second-order valence-corrected chi connectivity index (χ2v) is 7.67. The molecule has 0 N–H and O–H groups in total. The van der Waals surface area contributed by atoms with Gasteiger partial charge in [0.25, 0.3) is 0 Å². The second kappa shape index (κ2) is 8.51. The maximum absolute atomic E-state index is 5.62. The van der Waals surface area contributed by atoms with Crippen LogP contribution >= 0.6 is 0 Å². The molecular weight excluding hydrogens is 398 g/mol. The molecule has 32 heavy (non-hydrogen) atoms. The molecular formula is C26H23N5O. The molecule has 158 valence electrons. The molecule has 0 aliphatic heterocycles. The molecule has 0 saturated heterocycles. The predicted octanol–water partition coefficient (Wildman–Crippen LogP) is 5.16. The summed E-state index contributed by atoms with van der Waals surface area (Å²) in [6.07, 6.45) is 5.71. The van der Waals surface area contributed by atoms with E-state index in [4.69, 9.17) is 4.74 Å². The molecule has 6 nitrogen and oxygen atoms in total. The minimum atomic E-state index is 0.658. The van der Waals surface area contributed by atoms with E-state index in [-0.39, 0.29) is 0 Å². The van der Waals surface area contributed by atoms with E-state index in [1.54, 1.807) is 13.4 Å². The Morgan fingerprint density at radius 2 is 1.59 bits per heavy atom. The SMILES string of the molecule is COc1cc(-c2cn(Cc3ccc(-c4ccccc4)cc3)nn2)ccc1-n1cnc(C)c1. The molecule has 0 aliphatic carbocycles. The summed E-state index contributed by atoms with van der Waals surface area (Å²) in [7, 11) is 1.67. The highest BCUT2D eigenvalue weighted by Gasteiger charge is 2.11. The minimum absolute atomic E-state index is 0.658. The van der Waals surface area contributed by atoms with Crippen molar-refractivity contribution in [1.29, 1.82) is 0 Å². The van der Waals surface area contributed by atoms with Crippen LogP contribution in [0.25, 0.3) is 28.1 Å². The molecule has 3 aromatic carbocycles. The van der Waals surface area contributed by atoms with Gasteiger partial charge in [0, 0.05) is 11.8 Å². The number of methoxy groups -OCH3 is 1. The molecule has 6 heteroatoms. The zero-order valence-electron chi connectivity index (χ0n) is 18.0. The topological polar surface area (TPSA) is 57.8 Å². The van der Waals surface area contributed by atoms with Gasteiger partial charge in [0.05, 0.1) is 37.6 Å². The van der Waals surface area contributed by atoms with E-state index in [2.05, 4.69) is 63.8 Å². The Hall–Kier alpha value is -4.19. The number of hydrogen-bond donors (Lipinski definition) is 0. The molecule has 0 radical (unpaired) electrons. The van der Waals surface area contributed by atoms with Crippen molar-refractivity contribution >= 4 is 0 Å². The fraction of sp³-hybridized carbons (Fsp3) is 0.115. The van der Waals surface area contributed by atoms with E-state index in [0.29, 0.717) is 6.54 Å². The normalized spacial score (nSPS) is 10.9. The third-order valence-corrected chi connectivity index (χ3v) is 5.41. The molecule has 2 aromatic heterocycles. The first-order valence-electron chi connectivity index (χ1n) is 10.4. The lowest BCUT2D eigenvalue weighted by molar-refractivity contribution is 0.413. The first kappa shape index (κ1) is 19.8.